The first-order chi connectivity index (χ1) is 11.5. The Morgan fingerprint density at radius 1 is 1.08 bits per heavy atom. The second kappa shape index (κ2) is 6.65. The molecule has 2 aromatic carbocycles. The Morgan fingerprint density at radius 2 is 1.88 bits per heavy atom. The van der Waals surface area contributed by atoms with Crippen LogP contribution in [0.25, 0.3) is 0 Å². The summed E-state index contributed by atoms with van der Waals surface area (Å²) in [5, 5.41) is 0. The number of ether oxygens (including phenoxy) is 1. The molecule has 0 saturated carbocycles. The lowest BCUT2D eigenvalue weighted by Gasteiger charge is -2.09. The van der Waals surface area contributed by atoms with E-state index in [0.717, 1.165) is 24.8 Å². The molecule has 0 fully saturated rings. The number of benzene rings is 2. The smallest absolute Gasteiger partial charge is 0.337 e. The van der Waals surface area contributed by atoms with E-state index < -0.39 is 16.1 Å². The topological polar surface area (TPSA) is 69.7 Å². The molecule has 0 heterocycles. The van der Waals surface area contributed by atoms with E-state index in [2.05, 4.69) is 4.74 Å². The standard InChI is InChI=1S/C18H18O5S/c1-22-18(19)16-7-2-4-13(10-16)12-24(20,21)23-17-9-8-14-5-3-6-15(14)11-17/h2,4,7-11H,3,5-6,12H2,1H3. The van der Waals surface area contributed by atoms with Gasteiger partial charge < -0.3 is 8.92 Å². The van der Waals surface area contributed by atoms with Crippen LogP contribution in [0.2, 0.25) is 0 Å². The van der Waals surface area contributed by atoms with Crippen molar-refractivity contribution in [2.24, 2.45) is 0 Å². The minimum Gasteiger partial charge on any atom is -0.465 e. The number of carbonyl (C=O) groups is 1. The lowest BCUT2D eigenvalue weighted by Crippen LogP contribution is -2.13. The summed E-state index contributed by atoms with van der Waals surface area (Å²) in [7, 11) is -2.53. The molecule has 24 heavy (non-hydrogen) atoms. The average Bonchev–Trinajstić information content (AvgIpc) is 3.01. The molecule has 0 bridgehead atoms. The van der Waals surface area contributed by atoms with Crippen LogP contribution in [0.5, 0.6) is 5.75 Å². The summed E-state index contributed by atoms with van der Waals surface area (Å²) in [6.07, 6.45) is 3.07. The zero-order valence-electron chi connectivity index (χ0n) is 13.3. The zero-order chi connectivity index (χ0) is 17.2. The summed E-state index contributed by atoms with van der Waals surface area (Å²) in [5.41, 5.74) is 3.18. The largest absolute Gasteiger partial charge is 0.465 e. The lowest BCUT2D eigenvalue weighted by atomic mass is 10.1. The fourth-order valence-corrected chi connectivity index (χ4v) is 3.93. The van der Waals surface area contributed by atoms with Crippen molar-refractivity contribution in [2.75, 3.05) is 7.11 Å². The van der Waals surface area contributed by atoms with Crippen molar-refractivity contribution in [3.63, 3.8) is 0 Å². The van der Waals surface area contributed by atoms with Crippen LogP contribution in [-0.4, -0.2) is 21.5 Å². The van der Waals surface area contributed by atoms with Gasteiger partial charge in [-0.05, 0) is 60.2 Å². The zero-order valence-corrected chi connectivity index (χ0v) is 14.1. The predicted molar refractivity (Wildman–Crippen MR) is 89.5 cm³/mol. The minimum atomic E-state index is -3.81. The molecule has 0 unspecified atom stereocenters. The Kier molecular flexibility index (Phi) is 4.57. The highest BCUT2D eigenvalue weighted by Crippen LogP contribution is 2.27. The van der Waals surface area contributed by atoms with Crippen LogP contribution in [0.1, 0.15) is 33.5 Å². The van der Waals surface area contributed by atoms with Crippen molar-refractivity contribution < 1.29 is 22.1 Å². The first-order valence-electron chi connectivity index (χ1n) is 7.68. The van der Waals surface area contributed by atoms with Crippen molar-refractivity contribution in [1.82, 2.24) is 0 Å². The molecular formula is C18H18O5S. The first kappa shape index (κ1) is 16.5. The molecule has 0 saturated heterocycles. The molecule has 0 N–H and O–H groups in total. The molecule has 0 atom stereocenters. The second-order valence-corrected chi connectivity index (χ2v) is 7.33. The maximum atomic E-state index is 12.3. The first-order valence-corrected chi connectivity index (χ1v) is 9.26. The van der Waals surface area contributed by atoms with Gasteiger partial charge in [-0.15, -0.1) is 0 Å². The summed E-state index contributed by atoms with van der Waals surface area (Å²) in [5.74, 6) is -0.483. The third kappa shape index (κ3) is 3.76. The fourth-order valence-electron chi connectivity index (χ4n) is 2.89. The van der Waals surface area contributed by atoms with Crippen molar-refractivity contribution in [1.29, 1.82) is 0 Å². The Bertz CT molecular complexity index is 871. The summed E-state index contributed by atoms with van der Waals surface area (Å²) in [6, 6.07) is 11.7. The molecule has 2 aromatic rings. The van der Waals surface area contributed by atoms with Crippen LogP contribution in [0.4, 0.5) is 0 Å². The van der Waals surface area contributed by atoms with Gasteiger partial charge in [0, 0.05) is 0 Å². The number of esters is 1. The van der Waals surface area contributed by atoms with Crippen LogP contribution in [-0.2, 0) is 33.4 Å². The summed E-state index contributed by atoms with van der Waals surface area (Å²) in [4.78, 5) is 11.5. The highest BCUT2D eigenvalue weighted by molar-refractivity contribution is 7.86. The van der Waals surface area contributed by atoms with Crippen LogP contribution < -0.4 is 4.18 Å². The number of hydrogen-bond donors (Lipinski definition) is 0. The van der Waals surface area contributed by atoms with Gasteiger partial charge in [0.15, 0.2) is 0 Å². The Morgan fingerprint density at radius 3 is 2.67 bits per heavy atom. The van der Waals surface area contributed by atoms with Crippen molar-refractivity contribution in [3.8, 4) is 5.75 Å². The molecular weight excluding hydrogens is 328 g/mol. The van der Waals surface area contributed by atoms with Crippen molar-refractivity contribution in [3.05, 3.63) is 64.7 Å². The molecule has 6 heteroatoms. The molecule has 126 valence electrons. The number of hydrogen-bond acceptors (Lipinski definition) is 5. The highest BCUT2D eigenvalue weighted by atomic mass is 32.2. The van der Waals surface area contributed by atoms with Crippen LogP contribution in [0.3, 0.4) is 0 Å². The Balaban J connectivity index is 1.75. The van der Waals surface area contributed by atoms with E-state index in [4.69, 9.17) is 4.18 Å². The number of methoxy groups -OCH3 is 1. The monoisotopic (exact) mass is 346 g/mol. The molecule has 0 amide bonds. The lowest BCUT2D eigenvalue weighted by molar-refractivity contribution is 0.0600. The molecule has 0 radical (unpaired) electrons. The normalized spacial score (nSPS) is 13.4. The average molecular weight is 346 g/mol. The minimum absolute atomic E-state index is 0.308. The van der Waals surface area contributed by atoms with Gasteiger partial charge in [-0.1, -0.05) is 18.2 Å². The van der Waals surface area contributed by atoms with Crippen molar-refractivity contribution in [2.45, 2.75) is 25.0 Å². The summed E-state index contributed by atoms with van der Waals surface area (Å²) in [6.45, 7) is 0. The van der Waals surface area contributed by atoms with Gasteiger partial charge in [0.25, 0.3) is 0 Å². The van der Waals surface area contributed by atoms with E-state index >= 15 is 0 Å². The Hall–Kier alpha value is -2.34. The number of rotatable bonds is 5. The molecule has 1 aliphatic carbocycles. The van der Waals surface area contributed by atoms with Gasteiger partial charge >= 0.3 is 16.1 Å². The van der Waals surface area contributed by atoms with Gasteiger partial charge in [0.2, 0.25) is 0 Å². The molecule has 0 aliphatic heterocycles. The van der Waals surface area contributed by atoms with Gasteiger partial charge in [-0.3, -0.25) is 0 Å². The van der Waals surface area contributed by atoms with E-state index in [-0.39, 0.29) is 5.75 Å². The molecule has 1 aliphatic rings. The maximum Gasteiger partial charge on any atom is 0.337 e. The van der Waals surface area contributed by atoms with E-state index in [9.17, 15) is 13.2 Å². The van der Waals surface area contributed by atoms with Crippen molar-refractivity contribution >= 4 is 16.1 Å². The van der Waals surface area contributed by atoms with Crippen LogP contribution >= 0.6 is 0 Å². The third-order valence-electron chi connectivity index (χ3n) is 3.98. The fraction of sp³-hybridized carbons (Fsp3) is 0.278. The van der Waals surface area contributed by atoms with Gasteiger partial charge in [0.05, 0.1) is 12.7 Å². The third-order valence-corrected chi connectivity index (χ3v) is 5.12. The highest BCUT2D eigenvalue weighted by Gasteiger charge is 2.18. The summed E-state index contributed by atoms with van der Waals surface area (Å²) < 4.78 is 34.4. The van der Waals surface area contributed by atoms with Gasteiger partial charge in [-0.25, -0.2) is 4.79 Å². The van der Waals surface area contributed by atoms with Gasteiger partial charge in [0.1, 0.15) is 11.5 Å². The van der Waals surface area contributed by atoms with E-state index in [1.54, 1.807) is 30.3 Å². The van der Waals surface area contributed by atoms with E-state index in [1.807, 2.05) is 6.07 Å². The molecule has 3 rings (SSSR count). The number of carbonyl (C=O) groups excluding carboxylic acids is 1. The van der Waals surface area contributed by atoms with Crippen LogP contribution in [0.15, 0.2) is 42.5 Å². The number of aryl methyl sites for hydroxylation is 2. The SMILES string of the molecule is COC(=O)c1cccc(CS(=O)(=O)Oc2ccc3c(c2)CCC3)c1. The van der Waals surface area contributed by atoms with Crippen LogP contribution in [0, 0.1) is 0 Å². The Labute approximate surface area is 141 Å². The second-order valence-electron chi connectivity index (χ2n) is 5.76. The maximum absolute atomic E-state index is 12.3. The number of fused-ring (bicyclic) bond motifs is 1. The molecule has 5 nitrogen and oxygen atoms in total. The van der Waals surface area contributed by atoms with E-state index in [1.165, 1.54) is 18.7 Å². The van der Waals surface area contributed by atoms with Gasteiger partial charge in [-0.2, -0.15) is 8.42 Å². The molecule has 0 aromatic heterocycles. The quantitative estimate of drug-likeness (QED) is 0.615. The predicted octanol–water partition coefficient (Wildman–Crippen LogP) is 2.87. The summed E-state index contributed by atoms with van der Waals surface area (Å²) >= 11 is 0. The molecule has 0 spiro atoms. The van der Waals surface area contributed by atoms with E-state index in [0.29, 0.717) is 16.9 Å².